The van der Waals surface area contributed by atoms with E-state index in [2.05, 4.69) is 45.1 Å². The van der Waals surface area contributed by atoms with Crippen LogP contribution in [-0.2, 0) is 4.74 Å². The van der Waals surface area contributed by atoms with E-state index in [1.807, 2.05) is 19.9 Å². The predicted octanol–water partition coefficient (Wildman–Crippen LogP) is 4.89. The molecule has 0 heterocycles. The maximum Gasteiger partial charge on any atom is 0.411 e. The molecular formula is C16H25NO2. The molecule has 0 bridgehead atoms. The zero-order valence-electron chi connectivity index (χ0n) is 12.8. The molecule has 0 radical (unpaired) electrons. The van der Waals surface area contributed by atoms with Gasteiger partial charge in [-0.05, 0) is 36.8 Å². The van der Waals surface area contributed by atoms with Crippen molar-refractivity contribution in [1.29, 1.82) is 0 Å². The molecular weight excluding hydrogens is 238 g/mol. The van der Waals surface area contributed by atoms with Gasteiger partial charge in [0.25, 0.3) is 0 Å². The maximum absolute atomic E-state index is 11.8. The van der Waals surface area contributed by atoms with Gasteiger partial charge in [-0.15, -0.1) is 0 Å². The summed E-state index contributed by atoms with van der Waals surface area (Å²) >= 11 is 0. The van der Waals surface area contributed by atoms with E-state index in [-0.39, 0.29) is 12.2 Å². The van der Waals surface area contributed by atoms with Gasteiger partial charge in [0.2, 0.25) is 0 Å². The minimum Gasteiger partial charge on any atom is -0.447 e. The Morgan fingerprint density at radius 1 is 1.00 bits per heavy atom. The normalized spacial score (nSPS) is 11.2. The Hall–Kier alpha value is -1.51. The third-order valence-corrected chi connectivity index (χ3v) is 2.94. The highest BCUT2D eigenvalue weighted by Gasteiger charge is 2.16. The van der Waals surface area contributed by atoms with Crippen LogP contribution in [-0.4, -0.2) is 12.2 Å². The van der Waals surface area contributed by atoms with Gasteiger partial charge in [-0.2, -0.15) is 0 Å². The van der Waals surface area contributed by atoms with Crippen LogP contribution in [0.4, 0.5) is 10.5 Å². The van der Waals surface area contributed by atoms with E-state index < -0.39 is 0 Å². The molecule has 1 rings (SSSR count). The molecule has 0 saturated carbocycles. The van der Waals surface area contributed by atoms with Crippen LogP contribution in [0.15, 0.2) is 18.2 Å². The van der Waals surface area contributed by atoms with Crippen molar-refractivity contribution in [3.05, 3.63) is 29.3 Å². The van der Waals surface area contributed by atoms with Crippen LogP contribution < -0.4 is 5.32 Å². The number of nitrogens with one attached hydrogen (secondary N) is 1. The van der Waals surface area contributed by atoms with Gasteiger partial charge in [0.15, 0.2) is 0 Å². The lowest BCUT2D eigenvalue weighted by Crippen LogP contribution is -2.20. The van der Waals surface area contributed by atoms with E-state index in [1.165, 1.54) is 0 Å². The zero-order chi connectivity index (χ0) is 14.6. The molecule has 3 nitrogen and oxygen atoms in total. The third-order valence-electron chi connectivity index (χ3n) is 2.94. The number of benzene rings is 1. The number of rotatable bonds is 4. The van der Waals surface area contributed by atoms with E-state index >= 15 is 0 Å². The summed E-state index contributed by atoms with van der Waals surface area (Å²) in [7, 11) is 0. The minimum atomic E-state index is -0.384. The number of hydrogen-bond donors (Lipinski definition) is 1. The first-order valence-electron chi connectivity index (χ1n) is 6.93. The summed E-state index contributed by atoms with van der Waals surface area (Å²) in [6, 6.07) is 6.16. The number of carbonyl (C=O) groups is 1. The Bertz CT molecular complexity index is 410. The summed E-state index contributed by atoms with van der Waals surface area (Å²) in [5, 5.41) is 2.91. The molecule has 0 aliphatic rings. The van der Waals surface area contributed by atoms with Gasteiger partial charge in [0.1, 0.15) is 0 Å². The average molecular weight is 263 g/mol. The molecule has 1 aromatic carbocycles. The highest BCUT2D eigenvalue weighted by atomic mass is 16.6. The number of amides is 1. The summed E-state index contributed by atoms with van der Waals surface area (Å²) in [6.07, 6.45) is -0.501. The summed E-state index contributed by atoms with van der Waals surface area (Å²) in [4.78, 5) is 11.8. The number of anilines is 1. The summed E-state index contributed by atoms with van der Waals surface area (Å²) in [6.45, 7) is 12.2. The predicted molar refractivity (Wildman–Crippen MR) is 79.9 cm³/mol. The Balaban J connectivity index is 3.11. The first kappa shape index (κ1) is 15.5. The Morgan fingerprint density at radius 2 is 1.47 bits per heavy atom. The Labute approximate surface area is 116 Å². The van der Waals surface area contributed by atoms with E-state index in [0.717, 1.165) is 16.8 Å². The molecule has 1 amide bonds. The lowest BCUT2D eigenvalue weighted by Gasteiger charge is -2.20. The van der Waals surface area contributed by atoms with Crippen molar-refractivity contribution < 1.29 is 9.53 Å². The van der Waals surface area contributed by atoms with Crippen LogP contribution in [0.25, 0.3) is 0 Å². The molecule has 0 aliphatic heterocycles. The SMILES string of the molecule is CC(C)OC(=O)Nc1c(C(C)C)cccc1C(C)C. The van der Waals surface area contributed by atoms with Crippen LogP contribution in [0, 0.1) is 0 Å². The second-order valence-corrected chi connectivity index (χ2v) is 5.70. The van der Waals surface area contributed by atoms with Crippen molar-refractivity contribution in [2.45, 2.75) is 59.5 Å². The Morgan fingerprint density at radius 3 is 1.84 bits per heavy atom. The van der Waals surface area contributed by atoms with Crippen LogP contribution in [0.2, 0.25) is 0 Å². The van der Waals surface area contributed by atoms with Crippen LogP contribution >= 0.6 is 0 Å². The summed E-state index contributed by atoms with van der Waals surface area (Å²) in [5.74, 6) is 0.709. The Kier molecular flexibility index (Phi) is 5.40. The zero-order valence-corrected chi connectivity index (χ0v) is 12.8. The molecule has 0 fully saturated rings. The number of ether oxygens (including phenoxy) is 1. The molecule has 1 aromatic rings. The lowest BCUT2D eigenvalue weighted by molar-refractivity contribution is 0.130. The van der Waals surface area contributed by atoms with Crippen molar-refractivity contribution in [2.24, 2.45) is 0 Å². The topological polar surface area (TPSA) is 38.3 Å². The van der Waals surface area contributed by atoms with Gasteiger partial charge in [-0.3, -0.25) is 5.32 Å². The number of carbonyl (C=O) groups excluding carboxylic acids is 1. The second kappa shape index (κ2) is 6.60. The van der Waals surface area contributed by atoms with Gasteiger partial charge in [-0.1, -0.05) is 45.9 Å². The molecule has 19 heavy (non-hydrogen) atoms. The monoisotopic (exact) mass is 263 g/mol. The smallest absolute Gasteiger partial charge is 0.411 e. The third kappa shape index (κ3) is 4.27. The molecule has 0 atom stereocenters. The quantitative estimate of drug-likeness (QED) is 0.839. The number of para-hydroxylation sites is 1. The minimum absolute atomic E-state index is 0.117. The fraction of sp³-hybridized carbons (Fsp3) is 0.562. The first-order chi connectivity index (χ1) is 8.82. The molecule has 0 aliphatic carbocycles. The van der Waals surface area contributed by atoms with Gasteiger partial charge in [0.05, 0.1) is 11.8 Å². The van der Waals surface area contributed by atoms with Crippen molar-refractivity contribution in [3.63, 3.8) is 0 Å². The fourth-order valence-electron chi connectivity index (χ4n) is 2.04. The van der Waals surface area contributed by atoms with Crippen molar-refractivity contribution in [3.8, 4) is 0 Å². The van der Waals surface area contributed by atoms with Crippen molar-refractivity contribution >= 4 is 11.8 Å². The van der Waals surface area contributed by atoms with Gasteiger partial charge < -0.3 is 4.74 Å². The van der Waals surface area contributed by atoms with E-state index in [0.29, 0.717) is 11.8 Å². The molecule has 0 unspecified atom stereocenters. The van der Waals surface area contributed by atoms with Crippen LogP contribution in [0.1, 0.15) is 64.5 Å². The second-order valence-electron chi connectivity index (χ2n) is 5.70. The van der Waals surface area contributed by atoms with Crippen LogP contribution in [0.5, 0.6) is 0 Å². The molecule has 0 spiro atoms. The first-order valence-corrected chi connectivity index (χ1v) is 6.93. The van der Waals surface area contributed by atoms with Crippen molar-refractivity contribution in [2.75, 3.05) is 5.32 Å². The van der Waals surface area contributed by atoms with E-state index in [4.69, 9.17) is 4.74 Å². The standard InChI is InChI=1S/C16H25NO2/c1-10(2)13-8-7-9-14(11(3)4)15(13)17-16(18)19-12(5)6/h7-12H,1-6H3,(H,17,18). The van der Waals surface area contributed by atoms with Gasteiger partial charge in [-0.25, -0.2) is 4.79 Å². The highest BCUT2D eigenvalue weighted by Crippen LogP contribution is 2.32. The molecule has 3 heteroatoms. The van der Waals surface area contributed by atoms with Crippen LogP contribution in [0.3, 0.4) is 0 Å². The molecule has 0 aromatic heterocycles. The summed E-state index contributed by atoms with van der Waals surface area (Å²) < 4.78 is 5.17. The average Bonchev–Trinajstić information content (AvgIpc) is 2.27. The fourth-order valence-corrected chi connectivity index (χ4v) is 2.04. The number of hydrogen-bond acceptors (Lipinski definition) is 2. The van der Waals surface area contributed by atoms with Gasteiger partial charge in [0, 0.05) is 0 Å². The highest BCUT2D eigenvalue weighted by molar-refractivity contribution is 5.87. The molecule has 1 N–H and O–H groups in total. The van der Waals surface area contributed by atoms with Gasteiger partial charge >= 0.3 is 6.09 Å². The maximum atomic E-state index is 11.8. The lowest BCUT2D eigenvalue weighted by atomic mass is 9.93. The van der Waals surface area contributed by atoms with Crippen molar-refractivity contribution in [1.82, 2.24) is 0 Å². The molecule has 106 valence electrons. The summed E-state index contributed by atoms with van der Waals surface area (Å²) in [5.41, 5.74) is 3.19. The molecule has 0 saturated heterocycles. The largest absolute Gasteiger partial charge is 0.447 e. The van der Waals surface area contributed by atoms with E-state index in [9.17, 15) is 4.79 Å². The van der Waals surface area contributed by atoms with E-state index in [1.54, 1.807) is 0 Å².